The number of quaternary nitrogens is 1. The van der Waals surface area contributed by atoms with Gasteiger partial charge in [0.2, 0.25) is 11.4 Å². The van der Waals surface area contributed by atoms with Crippen molar-refractivity contribution in [3.8, 4) is 0 Å². The molecule has 37 heavy (non-hydrogen) atoms. The Morgan fingerprint density at radius 1 is 0.622 bits per heavy atom. The summed E-state index contributed by atoms with van der Waals surface area (Å²) in [6.45, 7) is 8.90. The van der Waals surface area contributed by atoms with Gasteiger partial charge in [-0.3, -0.25) is 0 Å². The molecule has 0 radical (unpaired) electrons. The summed E-state index contributed by atoms with van der Waals surface area (Å²) in [5.41, 5.74) is 11.5. The minimum atomic E-state index is -0.539. The number of rotatable bonds is 2. The lowest BCUT2D eigenvalue weighted by molar-refractivity contribution is -0.750. The quantitative estimate of drug-likeness (QED) is 0.203. The minimum Gasteiger partial charge on any atom is -0.164 e. The van der Waals surface area contributed by atoms with Crippen LogP contribution in [0, 0.1) is 27.7 Å². The fourth-order valence-electron chi connectivity index (χ4n) is 6.34. The van der Waals surface area contributed by atoms with Crippen molar-refractivity contribution in [3.63, 3.8) is 0 Å². The lowest BCUT2D eigenvalue weighted by Gasteiger charge is -2.43. The second-order valence-corrected chi connectivity index (χ2v) is 12.0. The van der Waals surface area contributed by atoms with Gasteiger partial charge in [-0.25, -0.2) is 0 Å². The molecule has 2 aliphatic heterocycles. The third-order valence-corrected chi connectivity index (χ3v) is 9.57. The van der Waals surface area contributed by atoms with E-state index in [0.29, 0.717) is 4.48 Å². The summed E-state index contributed by atoms with van der Waals surface area (Å²) in [7, 11) is 4.74. The molecule has 4 aromatic carbocycles. The Kier molecular flexibility index (Phi) is 5.52. The van der Waals surface area contributed by atoms with Gasteiger partial charge in [-0.05, 0) is 56.5 Å². The zero-order valence-electron chi connectivity index (χ0n) is 22.5. The Bertz CT molecular complexity index is 1550. The molecule has 0 bridgehead atoms. The number of para-hydroxylation sites is 2. The van der Waals surface area contributed by atoms with Gasteiger partial charge in [0.15, 0.2) is 18.1 Å². The molecule has 0 N–H and O–H groups in total. The van der Waals surface area contributed by atoms with Gasteiger partial charge in [0.1, 0.15) is 17.3 Å². The Morgan fingerprint density at radius 2 is 1.11 bits per heavy atom. The molecule has 3 nitrogen and oxygen atoms in total. The van der Waals surface area contributed by atoms with Gasteiger partial charge in [0, 0.05) is 34.7 Å². The van der Waals surface area contributed by atoms with Crippen LogP contribution in [-0.4, -0.2) is 40.8 Å². The predicted octanol–water partition coefficient (Wildman–Crippen LogP) is 7.44. The molecular formula is C33H34N3S+3. The molecule has 184 valence electrons. The molecule has 1 atom stereocenters. The van der Waals surface area contributed by atoms with Gasteiger partial charge in [-0.15, -0.1) is 0 Å². The van der Waals surface area contributed by atoms with Crippen LogP contribution in [0.25, 0.3) is 0 Å². The largest absolute Gasteiger partial charge is 0.552 e. The monoisotopic (exact) mass is 504 g/mol. The summed E-state index contributed by atoms with van der Waals surface area (Å²) in [4.78, 5) is 1.34. The minimum absolute atomic E-state index is 0.539. The van der Waals surface area contributed by atoms with Crippen LogP contribution in [0.15, 0.2) is 89.8 Å². The summed E-state index contributed by atoms with van der Waals surface area (Å²) >= 11 is 1.97. The molecule has 0 aliphatic carbocycles. The average molecular weight is 505 g/mol. The summed E-state index contributed by atoms with van der Waals surface area (Å²) < 4.78 is 5.66. The predicted molar refractivity (Wildman–Crippen MR) is 157 cm³/mol. The standard InChI is InChI=1S/C33H34N3S/c1-23-17-25(3)31-27(19-23)21-34(29-13-9-7-10-14-29)33(36(31,5)6)35(30-15-11-8-12-16-30)22-28-20-24(2)18-26(4)32(28)37-33/h7-22H,1-6H3/q+3. The van der Waals surface area contributed by atoms with Crippen molar-refractivity contribution < 1.29 is 9.15 Å². The van der Waals surface area contributed by atoms with Gasteiger partial charge in [0.05, 0.1) is 19.7 Å². The maximum Gasteiger partial charge on any atom is 0.552 e. The van der Waals surface area contributed by atoms with E-state index in [2.05, 4.69) is 148 Å². The van der Waals surface area contributed by atoms with Crippen molar-refractivity contribution in [3.05, 3.63) is 118 Å². The third-order valence-electron chi connectivity index (χ3n) is 7.68. The second kappa shape index (κ2) is 8.54. The highest BCUT2D eigenvalue weighted by molar-refractivity contribution is 8.00. The van der Waals surface area contributed by atoms with Crippen LogP contribution >= 0.6 is 11.8 Å². The van der Waals surface area contributed by atoms with Crippen molar-refractivity contribution in [2.45, 2.75) is 37.7 Å². The first-order valence-corrected chi connectivity index (χ1v) is 13.7. The molecule has 0 fully saturated rings. The SMILES string of the molecule is Cc1cc(C)c2c(c1)C=[N+](c1ccccc1)C1(S2)[N+](c2ccccc2)=Cc2cc(C)cc(C)c2[N+]1(C)C. The van der Waals surface area contributed by atoms with Crippen molar-refractivity contribution in [1.29, 1.82) is 0 Å². The molecule has 4 aromatic rings. The lowest BCUT2D eigenvalue weighted by Crippen LogP contribution is -2.71. The first-order valence-electron chi connectivity index (χ1n) is 12.9. The van der Waals surface area contributed by atoms with E-state index >= 15 is 0 Å². The molecule has 0 saturated carbocycles. The van der Waals surface area contributed by atoms with Crippen LogP contribution < -0.4 is 4.48 Å². The maximum absolute atomic E-state index is 2.50. The summed E-state index contributed by atoms with van der Waals surface area (Å²) in [5.74, 6) is 0. The summed E-state index contributed by atoms with van der Waals surface area (Å²) in [6.07, 6.45) is 4.75. The topological polar surface area (TPSA) is 6.02 Å². The van der Waals surface area contributed by atoms with E-state index in [-0.39, 0.29) is 0 Å². The highest BCUT2D eigenvalue weighted by Gasteiger charge is 2.73. The number of hydrogen-bond acceptors (Lipinski definition) is 1. The Balaban J connectivity index is 1.78. The fraction of sp³-hybridized carbons (Fsp3) is 0.212. The Labute approximate surface area is 224 Å². The van der Waals surface area contributed by atoms with E-state index in [1.54, 1.807) is 0 Å². The van der Waals surface area contributed by atoms with Crippen molar-refractivity contribution in [1.82, 2.24) is 4.48 Å². The van der Waals surface area contributed by atoms with E-state index in [9.17, 15) is 0 Å². The molecule has 0 amide bonds. The number of aryl methyl sites for hydroxylation is 4. The lowest BCUT2D eigenvalue weighted by atomic mass is 10.00. The maximum atomic E-state index is 2.50. The van der Waals surface area contributed by atoms with Crippen molar-refractivity contribution >= 4 is 41.3 Å². The molecule has 2 heterocycles. The van der Waals surface area contributed by atoms with Crippen LogP contribution in [0.1, 0.15) is 33.4 Å². The molecule has 2 aliphatic rings. The van der Waals surface area contributed by atoms with E-state index in [1.165, 1.54) is 55.3 Å². The van der Waals surface area contributed by atoms with Gasteiger partial charge in [-0.2, -0.15) is 4.48 Å². The number of nitrogens with zero attached hydrogens (tertiary/aromatic N) is 3. The van der Waals surface area contributed by atoms with Crippen molar-refractivity contribution in [2.75, 3.05) is 14.1 Å². The molecular weight excluding hydrogens is 470 g/mol. The number of thioether (sulfide) groups is 1. The van der Waals surface area contributed by atoms with Crippen LogP contribution in [0.4, 0.5) is 17.1 Å². The van der Waals surface area contributed by atoms with Crippen LogP contribution in [0.2, 0.25) is 0 Å². The smallest absolute Gasteiger partial charge is 0.164 e. The van der Waals surface area contributed by atoms with Gasteiger partial charge in [0.25, 0.3) is 0 Å². The number of hydrogen-bond donors (Lipinski definition) is 0. The molecule has 4 heteroatoms. The normalized spacial score (nSPS) is 19.6. The zero-order valence-corrected chi connectivity index (χ0v) is 23.3. The van der Waals surface area contributed by atoms with Crippen LogP contribution in [0.5, 0.6) is 0 Å². The summed E-state index contributed by atoms with van der Waals surface area (Å²) in [5, 5.41) is -0.539. The highest BCUT2D eigenvalue weighted by Crippen LogP contribution is 2.54. The molecule has 0 saturated heterocycles. The van der Waals surface area contributed by atoms with Gasteiger partial charge >= 0.3 is 5.12 Å². The number of fused-ring (bicyclic) bond motifs is 2. The number of benzene rings is 4. The van der Waals surface area contributed by atoms with E-state index in [4.69, 9.17) is 0 Å². The van der Waals surface area contributed by atoms with Crippen molar-refractivity contribution in [2.24, 2.45) is 0 Å². The molecule has 0 aromatic heterocycles. The van der Waals surface area contributed by atoms with Gasteiger partial charge in [-0.1, -0.05) is 57.7 Å². The van der Waals surface area contributed by atoms with E-state index in [1.807, 2.05) is 11.8 Å². The molecule has 1 spiro atoms. The Hall–Kier alpha value is -3.47. The van der Waals surface area contributed by atoms with E-state index < -0.39 is 5.12 Å². The zero-order chi connectivity index (χ0) is 25.9. The average Bonchev–Trinajstić information content (AvgIpc) is 2.86. The first kappa shape index (κ1) is 23.9. The second-order valence-electron chi connectivity index (χ2n) is 10.8. The van der Waals surface area contributed by atoms with E-state index in [0.717, 1.165) is 0 Å². The first-order chi connectivity index (χ1) is 17.7. The van der Waals surface area contributed by atoms with Gasteiger partial charge < -0.3 is 0 Å². The van der Waals surface area contributed by atoms with Crippen LogP contribution in [-0.2, 0) is 0 Å². The Morgan fingerprint density at radius 3 is 1.68 bits per heavy atom. The van der Waals surface area contributed by atoms with Crippen LogP contribution in [0.3, 0.4) is 0 Å². The highest BCUT2D eigenvalue weighted by atomic mass is 32.2. The molecule has 6 rings (SSSR count). The molecule has 1 unspecified atom stereocenters. The third kappa shape index (κ3) is 3.54. The fourth-order valence-corrected chi connectivity index (χ4v) is 7.89. The summed E-state index contributed by atoms with van der Waals surface area (Å²) in [6, 6.07) is 31.0.